The highest BCUT2D eigenvalue weighted by Crippen LogP contribution is 1.89. The largest absolute Gasteiger partial charge is 0.356 e. The molecule has 0 atom stereocenters. The Morgan fingerprint density at radius 1 is 1.64 bits per heavy atom. The number of aromatic nitrogens is 4. The third-order valence-electron chi connectivity index (χ3n) is 1.46. The lowest BCUT2D eigenvalue weighted by Crippen LogP contribution is -2.36. The summed E-state index contributed by atoms with van der Waals surface area (Å²) in [6.45, 7) is -0.123. The summed E-state index contributed by atoms with van der Waals surface area (Å²) in [7, 11) is 0. The van der Waals surface area contributed by atoms with Crippen molar-refractivity contribution in [1.29, 1.82) is 0 Å². The second-order valence-corrected chi connectivity index (χ2v) is 2.10. The molecule has 2 aromatic rings. The van der Waals surface area contributed by atoms with Gasteiger partial charge in [-0.15, -0.1) is 4.68 Å². The summed E-state index contributed by atoms with van der Waals surface area (Å²) >= 11 is 0. The molecule has 2 aromatic heterocycles. The topological polar surface area (TPSA) is 54.3 Å². The lowest BCUT2D eigenvalue weighted by atomic mass is 10.6. The number of aliphatic hydroxyl groups excluding tert-OH is 1. The molecule has 11 heavy (non-hydrogen) atoms. The highest BCUT2D eigenvalue weighted by atomic mass is 16.3. The average Bonchev–Trinajstić information content (AvgIpc) is 2.47. The van der Waals surface area contributed by atoms with Crippen molar-refractivity contribution in [2.45, 2.75) is 6.73 Å². The van der Waals surface area contributed by atoms with E-state index in [0.29, 0.717) is 0 Å². The Hall–Kier alpha value is -1.49. The van der Waals surface area contributed by atoms with E-state index in [9.17, 15) is 0 Å². The number of rotatable bonds is 1. The monoisotopic (exact) mass is 151 g/mol. The first-order chi connectivity index (χ1) is 5.42. The van der Waals surface area contributed by atoms with E-state index >= 15 is 0 Å². The Balaban J connectivity index is 2.76. The summed E-state index contributed by atoms with van der Waals surface area (Å²) in [4.78, 5) is 0. The molecule has 0 spiro atoms. The van der Waals surface area contributed by atoms with Crippen LogP contribution in [0.25, 0.3) is 5.65 Å². The molecule has 0 saturated heterocycles. The third kappa shape index (κ3) is 0.857. The Labute approximate surface area is 62.5 Å². The molecular formula is C6H7N4O+. The van der Waals surface area contributed by atoms with Gasteiger partial charge < -0.3 is 5.11 Å². The Bertz CT molecular complexity index is 369. The first kappa shape index (κ1) is 6.23. The average molecular weight is 151 g/mol. The van der Waals surface area contributed by atoms with Crippen LogP contribution in [0.5, 0.6) is 0 Å². The van der Waals surface area contributed by atoms with Crippen LogP contribution in [-0.4, -0.2) is 19.8 Å². The summed E-state index contributed by atoms with van der Waals surface area (Å²) in [6.07, 6.45) is 3.21. The van der Waals surface area contributed by atoms with E-state index in [1.54, 1.807) is 23.1 Å². The fraction of sp³-hybridized carbons (Fsp3) is 0.167. The molecule has 0 amide bonds. The zero-order valence-corrected chi connectivity index (χ0v) is 5.75. The van der Waals surface area contributed by atoms with Crippen molar-refractivity contribution in [2.24, 2.45) is 0 Å². The normalized spacial score (nSPS) is 10.6. The van der Waals surface area contributed by atoms with Crippen molar-refractivity contribution < 1.29 is 9.79 Å². The van der Waals surface area contributed by atoms with Gasteiger partial charge in [0.1, 0.15) is 0 Å². The minimum Gasteiger partial charge on any atom is -0.356 e. The fourth-order valence-electron chi connectivity index (χ4n) is 0.948. The molecular weight excluding hydrogens is 144 g/mol. The SMILES string of the molecule is OC[n+]1ncn2ncccc21. The van der Waals surface area contributed by atoms with E-state index < -0.39 is 0 Å². The molecule has 0 aromatic carbocycles. The summed E-state index contributed by atoms with van der Waals surface area (Å²) in [5.41, 5.74) is 0.773. The highest BCUT2D eigenvalue weighted by Gasteiger charge is 2.08. The molecule has 0 fully saturated rings. The maximum Gasteiger partial charge on any atom is 0.331 e. The van der Waals surface area contributed by atoms with Gasteiger partial charge in [-0.3, -0.25) is 0 Å². The predicted molar refractivity (Wildman–Crippen MR) is 35.4 cm³/mol. The fourth-order valence-corrected chi connectivity index (χ4v) is 0.948. The van der Waals surface area contributed by atoms with Crippen molar-refractivity contribution in [3.05, 3.63) is 24.7 Å². The smallest absolute Gasteiger partial charge is 0.331 e. The Kier molecular flexibility index (Phi) is 1.29. The van der Waals surface area contributed by atoms with E-state index in [1.165, 1.54) is 4.68 Å². The Morgan fingerprint density at radius 3 is 3.36 bits per heavy atom. The first-order valence-electron chi connectivity index (χ1n) is 3.21. The van der Waals surface area contributed by atoms with Crippen LogP contribution in [-0.2, 0) is 6.73 Å². The van der Waals surface area contributed by atoms with Gasteiger partial charge in [-0.05, 0) is 11.2 Å². The van der Waals surface area contributed by atoms with E-state index in [0.717, 1.165) is 5.65 Å². The van der Waals surface area contributed by atoms with Crippen LogP contribution in [0.2, 0.25) is 0 Å². The van der Waals surface area contributed by atoms with Crippen LogP contribution >= 0.6 is 0 Å². The van der Waals surface area contributed by atoms with Gasteiger partial charge in [0, 0.05) is 6.07 Å². The first-order valence-corrected chi connectivity index (χ1v) is 3.21. The molecule has 56 valence electrons. The second kappa shape index (κ2) is 2.28. The van der Waals surface area contributed by atoms with Gasteiger partial charge in [-0.2, -0.15) is 0 Å². The van der Waals surface area contributed by atoms with Crippen LogP contribution in [0, 0.1) is 0 Å². The molecule has 2 rings (SSSR count). The number of hydrogen-bond acceptors (Lipinski definition) is 3. The lowest BCUT2D eigenvalue weighted by molar-refractivity contribution is -0.758. The van der Waals surface area contributed by atoms with Crippen LogP contribution in [0.1, 0.15) is 0 Å². The zero-order valence-electron chi connectivity index (χ0n) is 5.75. The molecule has 0 bridgehead atoms. The van der Waals surface area contributed by atoms with Crippen LogP contribution in [0.4, 0.5) is 0 Å². The molecule has 1 N–H and O–H groups in total. The van der Waals surface area contributed by atoms with E-state index in [4.69, 9.17) is 5.11 Å². The summed E-state index contributed by atoms with van der Waals surface area (Å²) in [5, 5.41) is 16.6. The van der Waals surface area contributed by atoms with Gasteiger partial charge in [-0.1, -0.05) is 9.61 Å². The van der Waals surface area contributed by atoms with E-state index in [1.807, 2.05) is 6.07 Å². The standard InChI is InChI=1S/C6H7N4O/c11-5-10-6-2-1-3-7-9(6)4-8-10/h1-4,11H,5H2/q+1. The van der Waals surface area contributed by atoms with Crippen molar-refractivity contribution >= 4 is 5.65 Å². The lowest BCUT2D eigenvalue weighted by Gasteiger charge is -1.84. The molecule has 0 radical (unpaired) electrons. The van der Waals surface area contributed by atoms with Crippen LogP contribution in [0.3, 0.4) is 0 Å². The van der Waals surface area contributed by atoms with Crippen molar-refractivity contribution in [1.82, 2.24) is 14.7 Å². The second-order valence-electron chi connectivity index (χ2n) is 2.10. The summed E-state index contributed by atoms with van der Waals surface area (Å²) in [5.74, 6) is 0. The number of hydrogen-bond donors (Lipinski definition) is 1. The predicted octanol–water partition coefficient (Wildman–Crippen LogP) is -1.03. The highest BCUT2D eigenvalue weighted by molar-refractivity contribution is 5.26. The summed E-state index contributed by atoms with van der Waals surface area (Å²) < 4.78 is 3.04. The van der Waals surface area contributed by atoms with Crippen LogP contribution in [0.15, 0.2) is 24.7 Å². The summed E-state index contributed by atoms with van der Waals surface area (Å²) in [6, 6.07) is 3.62. The maximum absolute atomic E-state index is 8.78. The van der Waals surface area contributed by atoms with Crippen LogP contribution < -0.4 is 4.68 Å². The molecule has 0 aliphatic heterocycles. The molecule has 0 unspecified atom stereocenters. The van der Waals surface area contributed by atoms with Crippen molar-refractivity contribution in [2.75, 3.05) is 0 Å². The van der Waals surface area contributed by atoms with E-state index in [2.05, 4.69) is 10.2 Å². The number of nitrogens with zero attached hydrogens (tertiary/aromatic N) is 4. The molecule has 2 heterocycles. The van der Waals surface area contributed by atoms with Gasteiger partial charge in [0.2, 0.25) is 6.73 Å². The van der Waals surface area contributed by atoms with Gasteiger partial charge in [0.05, 0.1) is 6.20 Å². The number of aliphatic hydroxyl groups is 1. The molecule has 0 aliphatic carbocycles. The zero-order chi connectivity index (χ0) is 7.68. The third-order valence-corrected chi connectivity index (χ3v) is 1.46. The number of fused-ring (bicyclic) bond motifs is 1. The van der Waals surface area contributed by atoms with Crippen molar-refractivity contribution in [3.8, 4) is 0 Å². The van der Waals surface area contributed by atoms with Crippen molar-refractivity contribution in [3.63, 3.8) is 0 Å². The molecule has 5 heteroatoms. The van der Waals surface area contributed by atoms with Gasteiger partial charge in [0.25, 0.3) is 6.33 Å². The van der Waals surface area contributed by atoms with E-state index in [-0.39, 0.29) is 6.73 Å². The molecule has 0 saturated carbocycles. The van der Waals surface area contributed by atoms with Gasteiger partial charge >= 0.3 is 5.65 Å². The molecule has 0 aliphatic rings. The minimum absolute atomic E-state index is 0.123. The minimum atomic E-state index is -0.123. The maximum atomic E-state index is 8.78. The van der Waals surface area contributed by atoms with Gasteiger partial charge in [0.15, 0.2) is 0 Å². The van der Waals surface area contributed by atoms with Gasteiger partial charge in [-0.25, -0.2) is 0 Å². The molecule has 5 nitrogen and oxygen atoms in total. The quantitative estimate of drug-likeness (QED) is 0.530. The Morgan fingerprint density at radius 2 is 2.55 bits per heavy atom.